The lowest BCUT2D eigenvalue weighted by atomic mass is 10.1. The van der Waals surface area contributed by atoms with Crippen molar-refractivity contribution in [2.24, 2.45) is 5.92 Å². The summed E-state index contributed by atoms with van der Waals surface area (Å²) in [6.45, 7) is 1.96. The molecule has 2 amide bonds. The number of nitrogens with one attached hydrogen (secondary N) is 1. The second-order valence-corrected chi connectivity index (χ2v) is 9.35. The number of carbonyl (C=O) groups is 2. The van der Waals surface area contributed by atoms with Gasteiger partial charge in [0.2, 0.25) is 21.8 Å². The van der Waals surface area contributed by atoms with Gasteiger partial charge in [0.1, 0.15) is 0 Å². The second kappa shape index (κ2) is 8.81. The molecule has 1 fully saturated rings. The lowest BCUT2D eigenvalue weighted by Gasteiger charge is -2.18. The normalized spacial score (nSPS) is 17.8. The van der Waals surface area contributed by atoms with Gasteiger partial charge in [-0.05, 0) is 51.3 Å². The van der Waals surface area contributed by atoms with Crippen molar-refractivity contribution in [3.05, 3.63) is 24.3 Å². The molecule has 150 valence electrons. The van der Waals surface area contributed by atoms with Gasteiger partial charge >= 0.3 is 0 Å². The van der Waals surface area contributed by atoms with Gasteiger partial charge in [-0.2, -0.15) is 0 Å². The first-order valence-corrected chi connectivity index (χ1v) is 10.3. The molecule has 0 radical (unpaired) electrons. The van der Waals surface area contributed by atoms with E-state index < -0.39 is 10.0 Å². The maximum Gasteiger partial charge on any atom is 0.242 e. The largest absolute Gasteiger partial charge is 0.342 e. The van der Waals surface area contributed by atoms with Crippen molar-refractivity contribution in [2.75, 3.05) is 53.1 Å². The highest BCUT2D eigenvalue weighted by Gasteiger charge is 2.34. The average Bonchev–Trinajstić information content (AvgIpc) is 2.96. The number of anilines is 1. The summed E-state index contributed by atoms with van der Waals surface area (Å²) >= 11 is 0. The molecule has 1 N–H and O–H groups in total. The second-order valence-electron chi connectivity index (χ2n) is 7.20. The fraction of sp³-hybridized carbons (Fsp3) is 0.556. The molecular formula is C18H28N4O4S. The summed E-state index contributed by atoms with van der Waals surface area (Å²) in [5.74, 6) is -0.606. The highest BCUT2D eigenvalue weighted by atomic mass is 32.2. The Hall–Kier alpha value is -1.97. The maximum atomic E-state index is 12.5. The zero-order chi connectivity index (χ0) is 20.2. The fourth-order valence-corrected chi connectivity index (χ4v) is 3.81. The van der Waals surface area contributed by atoms with E-state index in [-0.39, 0.29) is 29.0 Å². The number of carbonyl (C=O) groups excluding carboxylic acids is 2. The van der Waals surface area contributed by atoms with Gasteiger partial charge in [0.15, 0.2) is 0 Å². The molecule has 0 spiro atoms. The first-order chi connectivity index (χ1) is 12.6. The number of benzene rings is 1. The van der Waals surface area contributed by atoms with Crippen molar-refractivity contribution in [1.82, 2.24) is 14.1 Å². The quantitative estimate of drug-likeness (QED) is 0.698. The first kappa shape index (κ1) is 21.3. The molecule has 8 nitrogen and oxygen atoms in total. The molecule has 9 heteroatoms. The van der Waals surface area contributed by atoms with E-state index in [0.717, 1.165) is 17.3 Å². The van der Waals surface area contributed by atoms with Gasteiger partial charge in [0.25, 0.3) is 0 Å². The van der Waals surface area contributed by atoms with E-state index in [9.17, 15) is 18.0 Å². The fourth-order valence-electron chi connectivity index (χ4n) is 2.91. The van der Waals surface area contributed by atoms with Crippen LogP contribution in [0.25, 0.3) is 0 Å². The van der Waals surface area contributed by atoms with Crippen LogP contribution in [0.2, 0.25) is 0 Å². The van der Waals surface area contributed by atoms with E-state index in [4.69, 9.17) is 0 Å². The minimum absolute atomic E-state index is 0.00123. The Morgan fingerprint density at radius 1 is 1.19 bits per heavy atom. The Morgan fingerprint density at radius 3 is 2.37 bits per heavy atom. The molecular weight excluding hydrogens is 368 g/mol. The number of sulfonamides is 1. The number of amides is 2. The molecule has 27 heavy (non-hydrogen) atoms. The molecule has 1 aromatic rings. The number of hydrogen-bond donors (Lipinski definition) is 1. The molecule has 1 saturated heterocycles. The third-order valence-corrected chi connectivity index (χ3v) is 6.35. The van der Waals surface area contributed by atoms with Crippen molar-refractivity contribution in [3.63, 3.8) is 0 Å². The summed E-state index contributed by atoms with van der Waals surface area (Å²) in [4.78, 5) is 28.5. The summed E-state index contributed by atoms with van der Waals surface area (Å²) in [7, 11) is 3.39. The summed E-state index contributed by atoms with van der Waals surface area (Å²) in [6.07, 6.45) is 1.08. The van der Waals surface area contributed by atoms with E-state index in [1.165, 1.54) is 26.2 Å². The van der Waals surface area contributed by atoms with Crippen molar-refractivity contribution in [1.29, 1.82) is 0 Å². The van der Waals surface area contributed by atoms with E-state index >= 15 is 0 Å². The highest BCUT2D eigenvalue weighted by Crippen LogP contribution is 2.21. The summed E-state index contributed by atoms with van der Waals surface area (Å²) in [6, 6.07) is 6.02. The number of rotatable bonds is 8. The Labute approximate surface area is 161 Å². The van der Waals surface area contributed by atoms with E-state index in [1.807, 2.05) is 14.1 Å². The first-order valence-electron chi connectivity index (χ1n) is 8.87. The molecule has 0 aliphatic carbocycles. The van der Waals surface area contributed by atoms with E-state index in [2.05, 4.69) is 10.2 Å². The van der Waals surface area contributed by atoms with Crippen LogP contribution in [0.4, 0.5) is 5.69 Å². The van der Waals surface area contributed by atoms with Crippen LogP contribution in [0.5, 0.6) is 0 Å². The van der Waals surface area contributed by atoms with Gasteiger partial charge in [0, 0.05) is 39.3 Å². The van der Waals surface area contributed by atoms with Crippen LogP contribution in [-0.2, 0) is 19.6 Å². The maximum absolute atomic E-state index is 12.5. The smallest absolute Gasteiger partial charge is 0.242 e. The number of hydrogen-bond acceptors (Lipinski definition) is 5. The number of nitrogens with zero attached hydrogens (tertiary/aromatic N) is 3. The molecule has 1 aliphatic rings. The van der Waals surface area contributed by atoms with Crippen LogP contribution in [0.3, 0.4) is 0 Å². The highest BCUT2D eigenvalue weighted by molar-refractivity contribution is 7.89. The molecule has 1 atom stereocenters. The Balaban J connectivity index is 1.93. The van der Waals surface area contributed by atoms with Gasteiger partial charge in [-0.3, -0.25) is 9.59 Å². The van der Waals surface area contributed by atoms with Crippen LogP contribution >= 0.6 is 0 Å². The minimum atomic E-state index is -3.50. The lowest BCUT2D eigenvalue weighted by Crippen LogP contribution is -2.30. The lowest BCUT2D eigenvalue weighted by molar-refractivity contribution is -0.128. The van der Waals surface area contributed by atoms with Gasteiger partial charge < -0.3 is 15.1 Å². The number of likely N-dealkylation sites (tertiary alicyclic amines) is 1. The van der Waals surface area contributed by atoms with Crippen molar-refractivity contribution in [3.8, 4) is 0 Å². The summed E-state index contributed by atoms with van der Waals surface area (Å²) in [5, 5.41) is 2.77. The molecule has 0 bridgehead atoms. The Bertz CT molecular complexity index is 775. The predicted octanol–water partition coefficient (Wildman–Crippen LogP) is 0.676. The molecule has 0 saturated carbocycles. The van der Waals surface area contributed by atoms with Gasteiger partial charge in [0.05, 0.1) is 10.8 Å². The van der Waals surface area contributed by atoms with Crippen molar-refractivity contribution in [2.45, 2.75) is 17.7 Å². The van der Waals surface area contributed by atoms with Gasteiger partial charge in [-0.15, -0.1) is 0 Å². The summed E-state index contributed by atoms with van der Waals surface area (Å²) < 4.78 is 25.3. The molecule has 2 rings (SSSR count). The molecule has 0 aromatic heterocycles. The Morgan fingerprint density at radius 2 is 1.81 bits per heavy atom. The third-order valence-electron chi connectivity index (χ3n) is 4.52. The molecule has 1 heterocycles. The monoisotopic (exact) mass is 396 g/mol. The molecule has 1 aromatic carbocycles. The van der Waals surface area contributed by atoms with Crippen molar-refractivity contribution >= 4 is 27.5 Å². The Kier molecular flexibility index (Phi) is 6.96. The van der Waals surface area contributed by atoms with E-state index in [1.54, 1.807) is 17.0 Å². The summed E-state index contributed by atoms with van der Waals surface area (Å²) in [5.41, 5.74) is 0.510. The zero-order valence-corrected chi connectivity index (χ0v) is 17.1. The van der Waals surface area contributed by atoms with E-state index in [0.29, 0.717) is 18.8 Å². The van der Waals surface area contributed by atoms with Crippen LogP contribution in [0.15, 0.2) is 29.2 Å². The van der Waals surface area contributed by atoms with Gasteiger partial charge in [-0.25, -0.2) is 12.7 Å². The van der Waals surface area contributed by atoms with Crippen molar-refractivity contribution < 1.29 is 18.0 Å². The van der Waals surface area contributed by atoms with Crippen LogP contribution < -0.4 is 5.32 Å². The SMILES string of the molecule is CN(C)CCCN1CC(C(=O)Nc2ccc(S(=O)(=O)N(C)C)cc2)CC1=O. The minimum Gasteiger partial charge on any atom is -0.342 e. The average molecular weight is 397 g/mol. The van der Waals surface area contributed by atoms with Crippen LogP contribution in [0.1, 0.15) is 12.8 Å². The van der Waals surface area contributed by atoms with Crippen LogP contribution in [0, 0.1) is 5.92 Å². The molecule has 1 unspecified atom stereocenters. The standard InChI is InChI=1S/C18H28N4O4S/c1-20(2)10-5-11-22-13-14(12-17(22)23)18(24)19-15-6-8-16(9-7-15)27(25,26)21(3)4/h6-9,14H,5,10-13H2,1-4H3,(H,19,24). The van der Waals surface area contributed by atoms with Gasteiger partial charge in [-0.1, -0.05) is 0 Å². The zero-order valence-electron chi connectivity index (χ0n) is 16.3. The third kappa shape index (κ3) is 5.50. The molecule has 1 aliphatic heterocycles. The topological polar surface area (TPSA) is 90.0 Å². The predicted molar refractivity (Wildman–Crippen MR) is 104 cm³/mol. The van der Waals surface area contributed by atoms with Crippen LogP contribution in [-0.4, -0.2) is 82.2 Å².